The third-order valence-corrected chi connectivity index (χ3v) is 3.90. The molecular formula is C13H9BrCl2N2O. The normalized spacial score (nSPS) is 10.3. The Morgan fingerprint density at radius 1 is 1.16 bits per heavy atom. The largest absolute Gasteiger partial charge is 0.398 e. The Morgan fingerprint density at radius 3 is 2.53 bits per heavy atom. The number of rotatable bonds is 2. The van der Waals surface area contributed by atoms with Gasteiger partial charge in [0.1, 0.15) is 0 Å². The van der Waals surface area contributed by atoms with Crippen molar-refractivity contribution in [2.75, 3.05) is 11.1 Å². The average Bonchev–Trinajstić information content (AvgIpc) is 2.33. The average molecular weight is 360 g/mol. The van der Waals surface area contributed by atoms with Gasteiger partial charge in [-0.05, 0) is 52.3 Å². The zero-order chi connectivity index (χ0) is 14.0. The number of hydrogen-bond donors (Lipinski definition) is 2. The van der Waals surface area contributed by atoms with Gasteiger partial charge < -0.3 is 11.1 Å². The smallest absolute Gasteiger partial charge is 0.257 e. The summed E-state index contributed by atoms with van der Waals surface area (Å²) in [5.41, 5.74) is 7.03. The quantitative estimate of drug-likeness (QED) is 0.770. The van der Waals surface area contributed by atoms with Crippen LogP contribution in [0.1, 0.15) is 10.4 Å². The van der Waals surface area contributed by atoms with Crippen LogP contribution in [-0.2, 0) is 0 Å². The number of nitrogens with one attached hydrogen (secondary N) is 1. The van der Waals surface area contributed by atoms with E-state index in [1.54, 1.807) is 30.3 Å². The predicted octanol–water partition coefficient (Wildman–Crippen LogP) is 4.59. The van der Waals surface area contributed by atoms with Crippen LogP contribution in [0.2, 0.25) is 10.0 Å². The molecule has 0 saturated carbocycles. The lowest BCUT2D eigenvalue weighted by Gasteiger charge is -2.08. The van der Waals surface area contributed by atoms with Gasteiger partial charge in [0.15, 0.2) is 0 Å². The number of carbonyl (C=O) groups is 1. The maximum atomic E-state index is 12.1. The Bertz CT molecular complexity index is 647. The van der Waals surface area contributed by atoms with Gasteiger partial charge in [0.25, 0.3) is 5.91 Å². The molecule has 2 aromatic carbocycles. The number of benzene rings is 2. The van der Waals surface area contributed by atoms with Crippen molar-refractivity contribution >= 4 is 56.4 Å². The molecule has 3 N–H and O–H groups in total. The van der Waals surface area contributed by atoms with Gasteiger partial charge in [-0.1, -0.05) is 23.2 Å². The topological polar surface area (TPSA) is 55.1 Å². The van der Waals surface area contributed by atoms with E-state index in [1.807, 2.05) is 0 Å². The minimum absolute atomic E-state index is 0.312. The molecule has 6 heteroatoms. The molecule has 0 spiro atoms. The molecule has 0 aliphatic carbocycles. The maximum Gasteiger partial charge on any atom is 0.257 e. The van der Waals surface area contributed by atoms with Gasteiger partial charge in [-0.3, -0.25) is 4.79 Å². The van der Waals surface area contributed by atoms with Crippen LogP contribution in [0.15, 0.2) is 40.9 Å². The molecule has 0 saturated heterocycles. The molecule has 0 heterocycles. The lowest BCUT2D eigenvalue weighted by atomic mass is 10.1. The van der Waals surface area contributed by atoms with Crippen LogP contribution >= 0.6 is 39.1 Å². The Hall–Kier alpha value is -1.23. The summed E-state index contributed by atoms with van der Waals surface area (Å²) in [5.74, 6) is -0.312. The van der Waals surface area contributed by atoms with Crippen molar-refractivity contribution in [3.63, 3.8) is 0 Å². The molecular weight excluding hydrogens is 351 g/mol. The summed E-state index contributed by atoms with van der Waals surface area (Å²) in [5, 5.41) is 3.72. The first-order valence-corrected chi connectivity index (χ1v) is 6.83. The molecule has 1 amide bonds. The summed E-state index contributed by atoms with van der Waals surface area (Å²) in [7, 11) is 0. The minimum Gasteiger partial charge on any atom is -0.398 e. The van der Waals surface area contributed by atoms with E-state index in [0.717, 1.165) is 4.47 Å². The van der Waals surface area contributed by atoms with Crippen molar-refractivity contribution in [1.82, 2.24) is 0 Å². The van der Waals surface area contributed by atoms with Gasteiger partial charge in [0.2, 0.25) is 0 Å². The molecule has 98 valence electrons. The summed E-state index contributed by atoms with van der Waals surface area (Å²) < 4.78 is 0.762. The van der Waals surface area contributed by atoms with E-state index >= 15 is 0 Å². The number of hydrogen-bond acceptors (Lipinski definition) is 2. The van der Waals surface area contributed by atoms with Gasteiger partial charge in [-0.2, -0.15) is 0 Å². The fourth-order valence-electron chi connectivity index (χ4n) is 1.51. The summed E-state index contributed by atoms with van der Waals surface area (Å²) in [4.78, 5) is 12.1. The van der Waals surface area contributed by atoms with Crippen molar-refractivity contribution in [3.05, 3.63) is 56.5 Å². The molecule has 0 aliphatic heterocycles. The summed E-state index contributed by atoms with van der Waals surface area (Å²) >= 11 is 15.0. The highest BCUT2D eigenvalue weighted by Crippen LogP contribution is 2.26. The molecule has 0 aliphatic rings. The van der Waals surface area contributed by atoms with Crippen molar-refractivity contribution in [2.24, 2.45) is 0 Å². The number of halogens is 3. The second-order valence-corrected chi connectivity index (χ2v) is 5.51. The van der Waals surface area contributed by atoms with Crippen molar-refractivity contribution in [3.8, 4) is 0 Å². The minimum atomic E-state index is -0.312. The van der Waals surface area contributed by atoms with Crippen LogP contribution in [0.25, 0.3) is 0 Å². The Balaban J connectivity index is 2.23. The first kappa shape index (κ1) is 14.2. The summed E-state index contributed by atoms with van der Waals surface area (Å²) in [6, 6.07) is 9.86. The van der Waals surface area contributed by atoms with Gasteiger partial charge in [0.05, 0.1) is 10.6 Å². The Morgan fingerprint density at radius 2 is 1.89 bits per heavy atom. The Labute approximate surface area is 128 Å². The zero-order valence-electron chi connectivity index (χ0n) is 9.58. The van der Waals surface area contributed by atoms with E-state index < -0.39 is 0 Å². The molecule has 0 fully saturated rings. The lowest BCUT2D eigenvalue weighted by molar-refractivity contribution is 0.102. The fourth-order valence-corrected chi connectivity index (χ4v) is 2.12. The van der Waals surface area contributed by atoms with E-state index in [0.29, 0.717) is 27.0 Å². The van der Waals surface area contributed by atoms with Crippen LogP contribution in [0.4, 0.5) is 11.4 Å². The van der Waals surface area contributed by atoms with Gasteiger partial charge in [0, 0.05) is 20.9 Å². The number of anilines is 2. The molecule has 3 nitrogen and oxygen atoms in total. The molecule has 0 radical (unpaired) electrons. The number of carbonyl (C=O) groups excluding carboxylic acids is 1. The number of amides is 1. The van der Waals surface area contributed by atoms with E-state index in [9.17, 15) is 4.79 Å². The van der Waals surface area contributed by atoms with E-state index in [2.05, 4.69) is 21.2 Å². The molecule has 0 bridgehead atoms. The first-order chi connectivity index (χ1) is 8.97. The van der Waals surface area contributed by atoms with E-state index in [4.69, 9.17) is 28.9 Å². The highest BCUT2D eigenvalue weighted by molar-refractivity contribution is 9.10. The third-order valence-electron chi connectivity index (χ3n) is 2.44. The van der Waals surface area contributed by atoms with Gasteiger partial charge >= 0.3 is 0 Å². The van der Waals surface area contributed by atoms with E-state index in [-0.39, 0.29) is 5.91 Å². The monoisotopic (exact) mass is 358 g/mol. The molecule has 0 unspecified atom stereocenters. The number of nitrogen functional groups attached to an aromatic ring is 1. The number of nitrogens with two attached hydrogens (primary N) is 1. The molecule has 0 aromatic heterocycles. The first-order valence-electron chi connectivity index (χ1n) is 5.29. The predicted molar refractivity (Wildman–Crippen MR) is 83.0 cm³/mol. The van der Waals surface area contributed by atoms with Crippen LogP contribution in [0.3, 0.4) is 0 Å². The Kier molecular flexibility index (Phi) is 4.34. The van der Waals surface area contributed by atoms with Crippen molar-refractivity contribution < 1.29 is 4.79 Å². The highest BCUT2D eigenvalue weighted by Gasteiger charge is 2.10. The SMILES string of the molecule is Nc1cc(Cl)ccc1C(=O)Nc1ccc(Br)c(Cl)c1. The van der Waals surface area contributed by atoms with Crippen LogP contribution < -0.4 is 11.1 Å². The third kappa shape index (κ3) is 3.41. The van der Waals surface area contributed by atoms with E-state index in [1.165, 1.54) is 6.07 Å². The van der Waals surface area contributed by atoms with Gasteiger partial charge in [-0.15, -0.1) is 0 Å². The molecule has 19 heavy (non-hydrogen) atoms. The summed E-state index contributed by atoms with van der Waals surface area (Å²) in [6.07, 6.45) is 0. The maximum absolute atomic E-state index is 12.1. The summed E-state index contributed by atoms with van der Waals surface area (Å²) in [6.45, 7) is 0. The van der Waals surface area contributed by atoms with Crippen molar-refractivity contribution in [1.29, 1.82) is 0 Å². The van der Waals surface area contributed by atoms with Crippen molar-refractivity contribution in [2.45, 2.75) is 0 Å². The molecule has 0 atom stereocenters. The van der Waals surface area contributed by atoms with Gasteiger partial charge in [-0.25, -0.2) is 0 Å². The second-order valence-electron chi connectivity index (χ2n) is 3.81. The highest BCUT2D eigenvalue weighted by atomic mass is 79.9. The zero-order valence-corrected chi connectivity index (χ0v) is 12.7. The standard InChI is InChI=1S/C13H9BrCl2N2O/c14-10-4-2-8(6-11(10)16)18-13(19)9-3-1-7(15)5-12(9)17/h1-6H,17H2,(H,18,19). The molecule has 2 rings (SSSR count). The second kappa shape index (κ2) is 5.82. The van der Waals surface area contributed by atoms with Crippen LogP contribution in [0, 0.1) is 0 Å². The lowest BCUT2D eigenvalue weighted by Crippen LogP contribution is -2.13. The fraction of sp³-hybridized carbons (Fsp3) is 0. The van der Waals surface area contributed by atoms with Crippen LogP contribution in [0.5, 0.6) is 0 Å². The van der Waals surface area contributed by atoms with Crippen LogP contribution in [-0.4, -0.2) is 5.91 Å². The molecule has 2 aromatic rings.